The molecule has 7 fully saturated rings. The van der Waals surface area contributed by atoms with E-state index in [2.05, 4.69) is 50.6 Å². The number of aliphatic hydroxyl groups excluding tert-OH is 1. The van der Waals surface area contributed by atoms with Gasteiger partial charge in [-0.25, -0.2) is 9.59 Å². The Morgan fingerprint density at radius 1 is 0.953 bits per heavy atom. The average molecular weight is 602 g/mol. The number of aliphatic hydroxyl groups is 1. The van der Waals surface area contributed by atoms with Crippen LogP contribution in [-0.2, 0) is 14.2 Å². The number of alkyl carbamates (subject to hydrolysis) is 2. The molecule has 242 valence electrons. The summed E-state index contributed by atoms with van der Waals surface area (Å²) in [5.41, 5.74) is 0.591. The molecule has 0 aromatic heterocycles. The van der Waals surface area contributed by atoms with Gasteiger partial charge in [0.05, 0.1) is 24.4 Å². The molecule has 2 spiro atoms. The first kappa shape index (κ1) is 30.1. The molecular formula is C34H55N3O6. The molecule has 0 aromatic carbocycles. The maximum atomic E-state index is 12.7. The Kier molecular flexibility index (Phi) is 7.15. The Labute approximate surface area is 257 Å². The van der Waals surface area contributed by atoms with Crippen molar-refractivity contribution in [2.24, 2.45) is 51.2 Å². The third-order valence-corrected chi connectivity index (χ3v) is 14.4. The summed E-state index contributed by atoms with van der Waals surface area (Å²) in [6.07, 6.45) is 7.90. The molecule has 2 heterocycles. The highest BCUT2D eigenvalue weighted by Gasteiger charge is 2.82. The highest BCUT2D eigenvalue weighted by atomic mass is 16.6. The first-order chi connectivity index (χ1) is 20.4. The summed E-state index contributed by atoms with van der Waals surface area (Å²) in [6, 6.07) is 0.185. The van der Waals surface area contributed by atoms with Crippen molar-refractivity contribution in [1.29, 1.82) is 0 Å². The van der Waals surface area contributed by atoms with Crippen molar-refractivity contribution < 1.29 is 28.9 Å². The lowest BCUT2D eigenvalue weighted by Crippen LogP contribution is -2.59. The van der Waals surface area contributed by atoms with Gasteiger partial charge in [0.1, 0.15) is 12.2 Å². The van der Waals surface area contributed by atoms with Crippen LogP contribution in [0.1, 0.15) is 92.4 Å². The Morgan fingerprint density at radius 3 is 2.37 bits per heavy atom. The molecule has 12 atom stereocenters. The maximum Gasteiger partial charge on any atom is 0.407 e. The van der Waals surface area contributed by atoms with Gasteiger partial charge in [-0.1, -0.05) is 34.6 Å². The molecule has 2 saturated heterocycles. The zero-order valence-electron chi connectivity index (χ0n) is 27.1. The van der Waals surface area contributed by atoms with Gasteiger partial charge in [-0.05, 0) is 104 Å². The van der Waals surface area contributed by atoms with E-state index in [-0.39, 0.29) is 59.2 Å². The van der Waals surface area contributed by atoms with E-state index in [9.17, 15) is 14.7 Å². The number of carbonyl (C=O) groups is 2. The number of carbonyl (C=O) groups excluding carboxylic acids is 2. The van der Waals surface area contributed by atoms with E-state index in [4.69, 9.17) is 14.2 Å². The van der Waals surface area contributed by atoms with Gasteiger partial charge in [0, 0.05) is 25.6 Å². The number of nitrogens with one attached hydrogen (secondary N) is 3. The average Bonchev–Trinajstić information content (AvgIpc) is 3.56. The van der Waals surface area contributed by atoms with Crippen LogP contribution in [-0.4, -0.2) is 74.0 Å². The molecule has 7 rings (SSSR count). The summed E-state index contributed by atoms with van der Waals surface area (Å²) in [7, 11) is 1.59. The molecule has 43 heavy (non-hydrogen) atoms. The van der Waals surface area contributed by atoms with Gasteiger partial charge in [-0.2, -0.15) is 0 Å². The minimum atomic E-state index is -0.487. The molecule has 9 unspecified atom stereocenters. The minimum Gasteiger partial charge on any atom is -0.446 e. The van der Waals surface area contributed by atoms with E-state index in [0.29, 0.717) is 28.6 Å². The van der Waals surface area contributed by atoms with Crippen molar-refractivity contribution in [3.63, 3.8) is 0 Å². The zero-order valence-corrected chi connectivity index (χ0v) is 27.1. The summed E-state index contributed by atoms with van der Waals surface area (Å²) in [5.74, 6) is 1.75. The molecule has 5 aliphatic carbocycles. The van der Waals surface area contributed by atoms with Crippen LogP contribution in [0.5, 0.6) is 0 Å². The first-order valence-electron chi connectivity index (χ1n) is 17.3. The molecular weight excluding hydrogens is 546 g/mol. The van der Waals surface area contributed by atoms with E-state index in [0.717, 1.165) is 58.0 Å². The largest absolute Gasteiger partial charge is 0.446 e. The second-order valence-corrected chi connectivity index (χ2v) is 16.7. The van der Waals surface area contributed by atoms with E-state index in [1.54, 1.807) is 7.05 Å². The lowest BCUT2D eigenvalue weighted by atomic mass is 9.46. The van der Waals surface area contributed by atoms with Crippen molar-refractivity contribution in [1.82, 2.24) is 16.0 Å². The summed E-state index contributed by atoms with van der Waals surface area (Å²) in [5, 5.41) is 21.0. The second kappa shape index (κ2) is 10.2. The quantitative estimate of drug-likeness (QED) is 0.364. The van der Waals surface area contributed by atoms with Crippen molar-refractivity contribution in [2.75, 3.05) is 20.1 Å². The molecule has 4 N–H and O–H groups in total. The molecule has 0 radical (unpaired) electrons. The predicted molar refractivity (Wildman–Crippen MR) is 161 cm³/mol. The number of fused-ring (bicyclic) bond motifs is 4. The first-order valence-corrected chi connectivity index (χ1v) is 17.3. The number of ether oxygens (including phenoxy) is 3. The molecule has 5 saturated carbocycles. The van der Waals surface area contributed by atoms with Gasteiger partial charge in [-0.3, -0.25) is 0 Å². The highest BCUT2D eigenvalue weighted by molar-refractivity contribution is 5.68. The van der Waals surface area contributed by atoms with Crippen molar-refractivity contribution in [2.45, 2.75) is 129 Å². The lowest BCUT2D eigenvalue weighted by Gasteiger charge is -2.59. The van der Waals surface area contributed by atoms with E-state index in [1.165, 1.54) is 12.8 Å². The standard InChI is InChI=1S/C34H55N3O6/c1-18(2)27(43-29(39)35-6)22-9-7-21-28(41-22)26(38)25-20-8-10-23-31(3,4)24(42-30(40)37-19-15-36-16-19)11-12-34(23)17-33(20,34)14-13-32(21,25)5/h18-28,36,38H,7-17H2,1-6H3,(H,35,39)(H,37,40)/t20?,21-,22?,23-,24?,25?,26+,27?,28?,32?,33?,34?/m0/s1. The van der Waals surface area contributed by atoms with Crippen LogP contribution in [0.3, 0.4) is 0 Å². The van der Waals surface area contributed by atoms with Gasteiger partial charge in [0.25, 0.3) is 0 Å². The summed E-state index contributed by atoms with van der Waals surface area (Å²) in [6.45, 7) is 12.9. The molecule has 7 aliphatic rings. The number of rotatable bonds is 5. The van der Waals surface area contributed by atoms with Gasteiger partial charge >= 0.3 is 12.2 Å². The van der Waals surface area contributed by atoms with E-state index in [1.807, 2.05) is 0 Å². The molecule has 0 aromatic rings. The fraction of sp³-hybridized carbons (Fsp3) is 0.941. The van der Waals surface area contributed by atoms with Gasteiger partial charge in [0.2, 0.25) is 0 Å². The lowest BCUT2D eigenvalue weighted by molar-refractivity contribution is -0.162. The Hall–Kier alpha value is -1.58. The van der Waals surface area contributed by atoms with Crippen molar-refractivity contribution in [3.05, 3.63) is 0 Å². The number of hydrogen-bond donors (Lipinski definition) is 4. The zero-order chi connectivity index (χ0) is 30.5. The Balaban J connectivity index is 1.08. The summed E-state index contributed by atoms with van der Waals surface area (Å²) < 4.78 is 18.7. The van der Waals surface area contributed by atoms with Crippen LogP contribution in [0.25, 0.3) is 0 Å². The predicted octanol–water partition coefficient (Wildman–Crippen LogP) is 4.61. The molecule has 2 aliphatic heterocycles. The molecule has 2 amide bonds. The van der Waals surface area contributed by atoms with E-state index < -0.39 is 12.2 Å². The molecule has 0 bridgehead atoms. The minimum absolute atomic E-state index is 0.0598. The van der Waals surface area contributed by atoms with Crippen molar-refractivity contribution in [3.8, 4) is 0 Å². The highest BCUT2D eigenvalue weighted by Crippen LogP contribution is 2.87. The van der Waals surface area contributed by atoms with Crippen LogP contribution < -0.4 is 16.0 Å². The fourth-order valence-corrected chi connectivity index (χ4v) is 12.3. The maximum absolute atomic E-state index is 12.7. The van der Waals surface area contributed by atoms with Crippen LogP contribution >= 0.6 is 0 Å². The van der Waals surface area contributed by atoms with Gasteiger partial charge in [-0.15, -0.1) is 0 Å². The molecule has 9 nitrogen and oxygen atoms in total. The summed E-state index contributed by atoms with van der Waals surface area (Å²) >= 11 is 0. The van der Waals surface area contributed by atoms with Crippen LogP contribution in [0.4, 0.5) is 9.59 Å². The normalized spacial score (nSPS) is 48.3. The number of amides is 2. The second-order valence-electron chi connectivity index (χ2n) is 16.7. The molecule has 9 heteroatoms. The summed E-state index contributed by atoms with van der Waals surface area (Å²) in [4.78, 5) is 24.9. The topological polar surface area (TPSA) is 118 Å². The Morgan fingerprint density at radius 2 is 1.70 bits per heavy atom. The fourth-order valence-electron chi connectivity index (χ4n) is 12.3. The van der Waals surface area contributed by atoms with Crippen LogP contribution in [0.2, 0.25) is 0 Å². The van der Waals surface area contributed by atoms with Crippen LogP contribution in [0, 0.1) is 51.2 Å². The van der Waals surface area contributed by atoms with Gasteiger partial charge < -0.3 is 35.3 Å². The smallest absolute Gasteiger partial charge is 0.407 e. The van der Waals surface area contributed by atoms with E-state index >= 15 is 0 Å². The van der Waals surface area contributed by atoms with Gasteiger partial charge in [0.15, 0.2) is 0 Å². The third kappa shape index (κ3) is 4.25. The third-order valence-electron chi connectivity index (χ3n) is 14.4. The van der Waals surface area contributed by atoms with Crippen LogP contribution in [0.15, 0.2) is 0 Å². The SMILES string of the molecule is CNC(=O)OC(C(C)C)C1CC[C@H]2C(O1)[C@H](O)C1C3CC[C@H]4C(C)(C)C(OC(=O)NC5CNC5)CCC45CC35CCC12C. The Bertz CT molecular complexity index is 1130. The number of hydrogen-bond acceptors (Lipinski definition) is 7. The van der Waals surface area contributed by atoms with Crippen molar-refractivity contribution >= 4 is 12.2 Å². The monoisotopic (exact) mass is 601 g/mol.